The van der Waals surface area contributed by atoms with Gasteiger partial charge in [-0.05, 0) is 63.3 Å². The van der Waals surface area contributed by atoms with Crippen LogP contribution in [-0.2, 0) is 6.42 Å². The molecular weight excluding hydrogens is 296 g/mol. The van der Waals surface area contributed by atoms with Crippen LogP contribution in [0.25, 0.3) is 0 Å². The number of aryl methyl sites for hydroxylation is 5. The zero-order chi connectivity index (χ0) is 16.8. The second-order valence-corrected chi connectivity index (χ2v) is 7.80. The molecule has 0 spiro atoms. The van der Waals surface area contributed by atoms with Crippen LogP contribution in [-0.4, -0.2) is 0 Å². The van der Waals surface area contributed by atoms with E-state index in [0.717, 1.165) is 0 Å². The molecule has 0 aromatic heterocycles. The molecule has 0 fully saturated rings. The normalized spacial score (nSPS) is 11.0. The lowest BCUT2D eigenvalue weighted by atomic mass is 10.0. The van der Waals surface area contributed by atoms with Crippen LogP contribution < -0.4 is 0 Å². The monoisotopic (exact) mass is 326 g/mol. The molecule has 0 nitrogen and oxygen atoms in total. The van der Waals surface area contributed by atoms with E-state index in [0.29, 0.717) is 0 Å². The second kappa shape index (κ2) is 8.59. The second-order valence-electron chi connectivity index (χ2n) is 6.75. The van der Waals surface area contributed by atoms with Gasteiger partial charge in [-0.15, -0.1) is 0 Å². The summed E-state index contributed by atoms with van der Waals surface area (Å²) in [5.41, 5.74) is 7.03. The molecule has 0 aliphatic carbocycles. The van der Waals surface area contributed by atoms with Gasteiger partial charge in [0.25, 0.3) is 0 Å². The van der Waals surface area contributed by atoms with Gasteiger partial charge in [0.05, 0.1) is 0 Å². The standard InChI is InChI=1S/C22H30S/c1-6-7-8-9-10-20-15-16(2)11-12-21(20)23-22-18(4)13-17(3)14-19(22)5/h11-15H,6-10H2,1-5H3. The largest absolute Gasteiger partial charge is 0.0893 e. The summed E-state index contributed by atoms with van der Waals surface area (Å²) in [6.45, 7) is 11.1. The molecule has 124 valence electrons. The molecule has 0 saturated carbocycles. The lowest BCUT2D eigenvalue weighted by molar-refractivity contribution is 0.663. The first-order chi connectivity index (χ1) is 11.0. The van der Waals surface area contributed by atoms with Crippen molar-refractivity contribution < 1.29 is 0 Å². The van der Waals surface area contributed by atoms with E-state index in [-0.39, 0.29) is 0 Å². The maximum absolute atomic E-state index is 2.38. The van der Waals surface area contributed by atoms with Crippen LogP contribution in [0.2, 0.25) is 0 Å². The number of hydrogen-bond acceptors (Lipinski definition) is 1. The van der Waals surface area contributed by atoms with E-state index in [9.17, 15) is 0 Å². The summed E-state index contributed by atoms with van der Waals surface area (Å²) in [6, 6.07) is 11.5. The third-order valence-electron chi connectivity index (χ3n) is 4.33. The summed E-state index contributed by atoms with van der Waals surface area (Å²) in [4.78, 5) is 2.86. The summed E-state index contributed by atoms with van der Waals surface area (Å²) in [5.74, 6) is 0. The topological polar surface area (TPSA) is 0 Å². The van der Waals surface area contributed by atoms with E-state index in [1.807, 2.05) is 11.8 Å². The zero-order valence-corrected chi connectivity index (χ0v) is 16.1. The smallest absolute Gasteiger partial charge is 0.0181 e. The fourth-order valence-electron chi connectivity index (χ4n) is 3.18. The van der Waals surface area contributed by atoms with Crippen molar-refractivity contribution in [2.45, 2.75) is 76.5 Å². The molecule has 0 unspecified atom stereocenters. The third-order valence-corrected chi connectivity index (χ3v) is 5.80. The lowest BCUT2D eigenvalue weighted by Gasteiger charge is -2.14. The van der Waals surface area contributed by atoms with Gasteiger partial charge in [0.15, 0.2) is 0 Å². The van der Waals surface area contributed by atoms with E-state index in [1.165, 1.54) is 69.7 Å². The lowest BCUT2D eigenvalue weighted by Crippen LogP contribution is -1.93. The van der Waals surface area contributed by atoms with Crippen molar-refractivity contribution >= 4 is 11.8 Å². The van der Waals surface area contributed by atoms with E-state index in [2.05, 4.69) is 65.0 Å². The summed E-state index contributed by atoms with van der Waals surface area (Å²) in [5, 5.41) is 0. The molecule has 0 saturated heterocycles. The van der Waals surface area contributed by atoms with E-state index < -0.39 is 0 Å². The molecule has 23 heavy (non-hydrogen) atoms. The molecule has 1 heteroatoms. The fraction of sp³-hybridized carbons (Fsp3) is 0.455. The van der Waals surface area contributed by atoms with Crippen LogP contribution in [0.1, 0.15) is 60.4 Å². The van der Waals surface area contributed by atoms with E-state index in [1.54, 1.807) is 0 Å². The van der Waals surface area contributed by atoms with Gasteiger partial charge in [-0.1, -0.05) is 73.3 Å². The number of unbranched alkanes of at least 4 members (excludes halogenated alkanes) is 3. The Balaban J connectivity index is 2.22. The molecule has 0 aliphatic rings. The molecule has 0 heterocycles. The number of rotatable bonds is 7. The van der Waals surface area contributed by atoms with Crippen LogP contribution in [0.3, 0.4) is 0 Å². The molecule has 2 aromatic carbocycles. The Hall–Kier alpha value is -1.21. The molecule has 2 rings (SSSR count). The van der Waals surface area contributed by atoms with Gasteiger partial charge in [0.2, 0.25) is 0 Å². The average molecular weight is 327 g/mol. The van der Waals surface area contributed by atoms with Crippen LogP contribution in [0.15, 0.2) is 40.1 Å². The predicted octanol–water partition coefficient (Wildman–Crippen LogP) is 7.19. The minimum Gasteiger partial charge on any atom is -0.0893 e. The Labute approximate surface area is 146 Å². The Morgan fingerprint density at radius 1 is 0.783 bits per heavy atom. The van der Waals surface area contributed by atoms with Crippen molar-refractivity contribution in [3.8, 4) is 0 Å². The Bertz CT molecular complexity index is 632. The van der Waals surface area contributed by atoms with Crippen LogP contribution in [0, 0.1) is 27.7 Å². The van der Waals surface area contributed by atoms with Gasteiger partial charge < -0.3 is 0 Å². The molecule has 0 bridgehead atoms. The van der Waals surface area contributed by atoms with E-state index >= 15 is 0 Å². The van der Waals surface area contributed by atoms with Gasteiger partial charge in [-0.3, -0.25) is 0 Å². The summed E-state index contributed by atoms with van der Waals surface area (Å²) >= 11 is 1.95. The Morgan fingerprint density at radius 3 is 2.13 bits per heavy atom. The SMILES string of the molecule is CCCCCCc1cc(C)ccc1Sc1c(C)cc(C)cc1C. The number of benzene rings is 2. The van der Waals surface area contributed by atoms with Gasteiger partial charge in [-0.25, -0.2) is 0 Å². The molecular formula is C22H30S. The molecule has 0 radical (unpaired) electrons. The first kappa shape index (κ1) is 18.1. The van der Waals surface area contributed by atoms with Gasteiger partial charge in [-0.2, -0.15) is 0 Å². The van der Waals surface area contributed by atoms with Crippen molar-refractivity contribution in [1.29, 1.82) is 0 Å². The van der Waals surface area contributed by atoms with Crippen molar-refractivity contribution in [1.82, 2.24) is 0 Å². The zero-order valence-electron chi connectivity index (χ0n) is 15.3. The first-order valence-electron chi connectivity index (χ1n) is 8.86. The number of hydrogen-bond donors (Lipinski definition) is 0. The predicted molar refractivity (Wildman–Crippen MR) is 104 cm³/mol. The van der Waals surface area contributed by atoms with Gasteiger partial charge in [0.1, 0.15) is 0 Å². The summed E-state index contributed by atoms with van der Waals surface area (Å²) < 4.78 is 0. The molecule has 0 amide bonds. The Kier molecular flexibility index (Phi) is 6.77. The highest BCUT2D eigenvalue weighted by atomic mass is 32.2. The average Bonchev–Trinajstić information content (AvgIpc) is 2.49. The summed E-state index contributed by atoms with van der Waals surface area (Å²) in [6.07, 6.45) is 6.50. The van der Waals surface area contributed by atoms with E-state index in [4.69, 9.17) is 0 Å². The highest BCUT2D eigenvalue weighted by Gasteiger charge is 2.10. The van der Waals surface area contributed by atoms with Crippen LogP contribution in [0.4, 0.5) is 0 Å². The van der Waals surface area contributed by atoms with Crippen molar-refractivity contribution in [2.75, 3.05) is 0 Å². The highest BCUT2D eigenvalue weighted by molar-refractivity contribution is 7.99. The maximum Gasteiger partial charge on any atom is 0.0181 e. The fourth-order valence-corrected chi connectivity index (χ4v) is 4.27. The van der Waals surface area contributed by atoms with Gasteiger partial charge in [0, 0.05) is 9.79 Å². The van der Waals surface area contributed by atoms with Crippen LogP contribution >= 0.6 is 11.8 Å². The van der Waals surface area contributed by atoms with Crippen molar-refractivity contribution in [3.63, 3.8) is 0 Å². The summed E-state index contributed by atoms with van der Waals surface area (Å²) in [7, 11) is 0. The highest BCUT2D eigenvalue weighted by Crippen LogP contribution is 2.36. The third kappa shape index (κ3) is 5.14. The first-order valence-corrected chi connectivity index (χ1v) is 9.68. The quantitative estimate of drug-likeness (QED) is 0.485. The van der Waals surface area contributed by atoms with Crippen LogP contribution in [0.5, 0.6) is 0 Å². The maximum atomic E-state index is 2.38. The minimum absolute atomic E-state index is 1.20. The molecule has 0 N–H and O–H groups in total. The molecule has 0 aliphatic heterocycles. The molecule has 0 atom stereocenters. The van der Waals surface area contributed by atoms with Gasteiger partial charge >= 0.3 is 0 Å². The molecule has 2 aromatic rings. The van der Waals surface area contributed by atoms with Crippen molar-refractivity contribution in [3.05, 3.63) is 58.1 Å². The van der Waals surface area contributed by atoms with Crippen molar-refractivity contribution in [2.24, 2.45) is 0 Å². The Morgan fingerprint density at radius 2 is 1.48 bits per heavy atom. The minimum atomic E-state index is 1.20.